The first-order valence-electron chi connectivity index (χ1n) is 8.56. The maximum absolute atomic E-state index is 14.0. The van der Waals surface area contributed by atoms with Crippen LogP contribution in [0.3, 0.4) is 0 Å². The quantitative estimate of drug-likeness (QED) is 0.664. The Morgan fingerprint density at radius 3 is 2.63 bits per heavy atom. The number of rotatable bonds is 5. The lowest BCUT2D eigenvalue weighted by atomic mass is 10.1. The minimum atomic E-state index is -0.387. The van der Waals surface area contributed by atoms with Crippen molar-refractivity contribution in [1.29, 1.82) is 0 Å². The molecule has 1 amide bonds. The van der Waals surface area contributed by atoms with Gasteiger partial charge in [-0.3, -0.25) is 4.79 Å². The Balaban J connectivity index is 1.73. The number of nitrogens with zero attached hydrogens (tertiary/aromatic N) is 3. The van der Waals surface area contributed by atoms with Crippen molar-refractivity contribution in [3.63, 3.8) is 0 Å². The zero-order valence-corrected chi connectivity index (χ0v) is 16.5. The Kier molecular flexibility index (Phi) is 5.60. The molecular formula is C20H21FN4OS. The van der Waals surface area contributed by atoms with Crippen LogP contribution in [0.1, 0.15) is 18.1 Å². The van der Waals surface area contributed by atoms with Crippen LogP contribution in [0.4, 0.5) is 10.1 Å². The van der Waals surface area contributed by atoms with Gasteiger partial charge in [0.2, 0.25) is 5.91 Å². The third kappa shape index (κ3) is 4.19. The van der Waals surface area contributed by atoms with Crippen molar-refractivity contribution in [1.82, 2.24) is 14.8 Å². The van der Waals surface area contributed by atoms with Gasteiger partial charge in [-0.25, -0.2) is 4.39 Å². The Morgan fingerprint density at radius 1 is 1.19 bits per heavy atom. The van der Waals surface area contributed by atoms with Gasteiger partial charge in [-0.15, -0.1) is 10.2 Å². The summed E-state index contributed by atoms with van der Waals surface area (Å²) in [6, 6.07) is 12.3. The molecule has 0 bridgehead atoms. The van der Waals surface area contributed by atoms with Crippen molar-refractivity contribution in [2.45, 2.75) is 31.2 Å². The molecule has 5 nitrogen and oxygen atoms in total. The largest absolute Gasteiger partial charge is 0.325 e. The van der Waals surface area contributed by atoms with Gasteiger partial charge >= 0.3 is 0 Å². The van der Waals surface area contributed by atoms with E-state index in [1.54, 1.807) is 36.7 Å². The number of aromatic nitrogens is 3. The average molecular weight is 384 g/mol. The van der Waals surface area contributed by atoms with E-state index in [4.69, 9.17) is 0 Å². The lowest BCUT2D eigenvalue weighted by molar-refractivity contribution is -0.115. The smallest absolute Gasteiger partial charge is 0.237 e. The third-order valence-electron chi connectivity index (χ3n) is 4.24. The molecule has 0 saturated heterocycles. The summed E-state index contributed by atoms with van der Waals surface area (Å²) in [6.07, 6.45) is 0. The highest BCUT2D eigenvalue weighted by molar-refractivity contribution is 8.00. The number of benzene rings is 2. The first-order chi connectivity index (χ1) is 12.9. The van der Waals surface area contributed by atoms with Crippen LogP contribution in [-0.2, 0) is 11.8 Å². The molecule has 0 aliphatic rings. The number of hydrogen-bond donors (Lipinski definition) is 1. The fourth-order valence-electron chi connectivity index (χ4n) is 2.69. The van der Waals surface area contributed by atoms with E-state index in [-0.39, 0.29) is 17.0 Å². The van der Waals surface area contributed by atoms with E-state index >= 15 is 0 Å². The van der Waals surface area contributed by atoms with Gasteiger partial charge in [0.15, 0.2) is 11.0 Å². The number of carbonyl (C=O) groups excluding carboxylic acids is 1. The zero-order valence-electron chi connectivity index (χ0n) is 15.7. The summed E-state index contributed by atoms with van der Waals surface area (Å²) in [5.41, 5.74) is 3.34. The van der Waals surface area contributed by atoms with Crippen molar-refractivity contribution < 1.29 is 9.18 Å². The van der Waals surface area contributed by atoms with E-state index in [1.807, 2.05) is 32.0 Å². The van der Waals surface area contributed by atoms with Gasteiger partial charge in [-0.2, -0.15) is 0 Å². The molecule has 2 aromatic carbocycles. The fraction of sp³-hybridized carbons (Fsp3) is 0.250. The Bertz CT molecular complexity index is 986. The van der Waals surface area contributed by atoms with E-state index in [1.165, 1.54) is 17.8 Å². The topological polar surface area (TPSA) is 59.8 Å². The highest BCUT2D eigenvalue weighted by atomic mass is 32.2. The second kappa shape index (κ2) is 7.92. The number of aryl methyl sites for hydroxylation is 2. The van der Waals surface area contributed by atoms with Crippen molar-refractivity contribution in [2.75, 3.05) is 5.32 Å². The number of halogens is 1. The van der Waals surface area contributed by atoms with Crippen LogP contribution in [0.25, 0.3) is 11.4 Å². The van der Waals surface area contributed by atoms with Crippen LogP contribution in [0.2, 0.25) is 0 Å². The van der Waals surface area contributed by atoms with Gasteiger partial charge < -0.3 is 9.88 Å². The van der Waals surface area contributed by atoms with Crippen LogP contribution in [0, 0.1) is 19.7 Å². The maximum Gasteiger partial charge on any atom is 0.237 e. The number of hydrogen-bond acceptors (Lipinski definition) is 4. The molecule has 0 radical (unpaired) electrons. The minimum absolute atomic E-state index is 0.123. The standard InChI is InChI=1S/C20H21FN4OS/c1-12-9-10-17(13(2)11-12)22-19(26)14(3)27-20-24-23-18(25(20)4)15-7-5-6-8-16(15)21/h5-11,14H,1-4H3,(H,22,26). The van der Waals surface area contributed by atoms with Gasteiger partial charge in [0, 0.05) is 12.7 Å². The first kappa shape index (κ1) is 19.1. The van der Waals surface area contributed by atoms with Gasteiger partial charge in [-0.1, -0.05) is 41.6 Å². The van der Waals surface area contributed by atoms with E-state index < -0.39 is 0 Å². The van der Waals surface area contributed by atoms with Crippen molar-refractivity contribution >= 4 is 23.4 Å². The predicted octanol–water partition coefficient (Wildman–Crippen LogP) is 4.36. The summed E-state index contributed by atoms with van der Waals surface area (Å²) < 4.78 is 15.7. The van der Waals surface area contributed by atoms with Gasteiger partial charge in [0.05, 0.1) is 10.8 Å². The molecule has 1 heterocycles. The SMILES string of the molecule is Cc1ccc(NC(=O)C(C)Sc2nnc(-c3ccccc3F)n2C)c(C)c1. The highest BCUT2D eigenvalue weighted by Crippen LogP contribution is 2.27. The molecule has 7 heteroatoms. The molecule has 1 N–H and O–H groups in total. The molecule has 1 unspecified atom stereocenters. The number of amides is 1. The summed E-state index contributed by atoms with van der Waals surface area (Å²) >= 11 is 1.28. The minimum Gasteiger partial charge on any atom is -0.325 e. The highest BCUT2D eigenvalue weighted by Gasteiger charge is 2.20. The summed E-state index contributed by atoms with van der Waals surface area (Å²) in [5, 5.41) is 11.3. The van der Waals surface area contributed by atoms with Crippen LogP contribution >= 0.6 is 11.8 Å². The normalized spacial score (nSPS) is 12.0. The second-order valence-electron chi connectivity index (χ2n) is 6.41. The fourth-order valence-corrected chi connectivity index (χ4v) is 3.51. The molecular weight excluding hydrogens is 363 g/mol. The Labute approximate surface area is 162 Å². The van der Waals surface area contributed by atoms with Crippen LogP contribution < -0.4 is 5.32 Å². The number of thioether (sulfide) groups is 1. The molecule has 0 saturated carbocycles. The van der Waals surface area contributed by atoms with Crippen molar-refractivity contribution in [3.8, 4) is 11.4 Å². The van der Waals surface area contributed by atoms with Gasteiger partial charge in [0.25, 0.3) is 0 Å². The average Bonchev–Trinajstić information content (AvgIpc) is 2.98. The number of carbonyl (C=O) groups is 1. The predicted molar refractivity (Wildman–Crippen MR) is 106 cm³/mol. The van der Waals surface area contributed by atoms with Crippen LogP contribution in [0.15, 0.2) is 47.6 Å². The zero-order chi connectivity index (χ0) is 19.6. The monoisotopic (exact) mass is 384 g/mol. The molecule has 0 fully saturated rings. The first-order valence-corrected chi connectivity index (χ1v) is 9.44. The van der Waals surface area contributed by atoms with Crippen LogP contribution in [0.5, 0.6) is 0 Å². The Morgan fingerprint density at radius 2 is 1.93 bits per heavy atom. The number of nitrogens with one attached hydrogen (secondary N) is 1. The summed E-state index contributed by atoms with van der Waals surface area (Å²) in [5.74, 6) is -0.0508. The van der Waals surface area contributed by atoms with Crippen LogP contribution in [-0.4, -0.2) is 25.9 Å². The van der Waals surface area contributed by atoms with E-state index in [0.717, 1.165) is 16.8 Å². The van der Waals surface area contributed by atoms with Crippen molar-refractivity contribution in [2.24, 2.45) is 7.05 Å². The van der Waals surface area contributed by atoms with E-state index in [0.29, 0.717) is 16.5 Å². The molecule has 3 rings (SSSR count). The van der Waals surface area contributed by atoms with Crippen molar-refractivity contribution in [3.05, 3.63) is 59.4 Å². The molecule has 3 aromatic rings. The molecule has 1 aromatic heterocycles. The maximum atomic E-state index is 14.0. The summed E-state index contributed by atoms with van der Waals surface area (Å²) in [7, 11) is 1.76. The lowest BCUT2D eigenvalue weighted by Gasteiger charge is -2.13. The number of anilines is 1. The van der Waals surface area contributed by atoms with Gasteiger partial charge in [0.1, 0.15) is 5.82 Å². The molecule has 140 valence electrons. The molecule has 0 aliphatic carbocycles. The van der Waals surface area contributed by atoms with Gasteiger partial charge in [-0.05, 0) is 44.5 Å². The third-order valence-corrected chi connectivity index (χ3v) is 5.37. The molecule has 27 heavy (non-hydrogen) atoms. The van der Waals surface area contributed by atoms with E-state index in [2.05, 4.69) is 15.5 Å². The second-order valence-corrected chi connectivity index (χ2v) is 7.72. The lowest BCUT2D eigenvalue weighted by Crippen LogP contribution is -2.23. The Hall–Kier alpha value is -2.67. The molecule has 1 atom stereocenters. The molecule has 0 spiro atoms. The summed E-state index contributed by atoms with van der Waals surface area (Å²) in [6.45, 7) is 5.78. The van der Waals surface area contributed by atoms with E-state index in [9.17, 15) is 9.18 Å². The summed E-state index contributed by atoms with van der Waals surface area (Å²) in [4.78, 5) is 12.5. The molecule has 0 aliphatic heterocycles.